The maximum atomic E-state index is 13.6. The monoisotopic (exact) mass is 243 g/mol. The lowest BCUT2D eigenvalue weighted by Gasteiger charge is -2.15. The maximum absolute atomic E-state index is 13.6. The van der Waals surface area contributed by atoms with E-state index in [0.29, 0.717) is 10.6 Å². The van der Waals surface area contributed by atoms with Crippen molar-refractivity contribution in [2.45, 2.75) is 45.6 Å². The lowest BCUT2D eigenvalue weighted by Crippen LogP contribution is -2.13. The molecule has 16 heavy (non-hydrogen) atoms. The van der Waals surface area contributed by atoms with Crippen molar-refractivity contribution in [2.75, 3.05) is 0 Å². The van der Waals surface area contributed by atoms with Gasteiger partial charge in [0.25, 0.3) is 0 Å². The Labute approximate surface area is 102 Å². The van der Waals surface area contributed by atoms with Crippen LogP contribution in [-0.4, -0.2) is 0 Å². The molecule has 1 aromatic rings. The van der Waals surface area contributed by atoms with Crippen LogP contribution in [0.4, 0.5) is 4.39 Å². The first-order valence-corrected chi connectivity index (χ1v) is 6.15. The van der Waals surface area contributed by atoms with Crippen LogP contribution in [0.1, 0.15) is 49.8 Å². The Balaban J connectivity index is 2.81. The number of benzene rings is 1. The minimum Gasteiger partial charge on any atom is -0.324 e. The molecule has 0 aliphatic rings. The van der Waals surface area contributed by atoms with Crippen LogP contribution in [0, 0.1) is 12.7 Å². The molecule has 0 unspecified atom stereocenters. The molecular formula is C13H19ClFN. The van der Waals surface area contributed by atoms with Gasteiger partial charge in [-0.25, -0.2) is 4.39 Å². The van der Waals surface area contributed by atoms with Gasteiger partial charge in [-0.1, -0.05) is 43.9 Å². The van der Waals surface area contributed by atoms with E-state index in [0.717, 1.165) is 31.2 Å². The van der Waals surface area contributed by atoms with E-state index >= 15 is 0 Å². The van der Waals surface area contributed by atoms with Crippen LogP contribution in [0.5, 0.6) is 0 Å². The minimum absolute atomic E-state index is 0.292. The Hall–Kier alpha value is -0.600. The van der Waals surface area contributed by atoms with Crippen LogP contribution >= 0.6 is 11.6 Å². The Morgan fingerprint density at radius 1 is 1.38 bits per heavy atom. The molecule has 0 radical (unpaired) electrons. The van der Waals surface area contributed by atoms with Crippen molar-refractivity contribution in [3.8, 4) is 0 Å². The molecule has 0 heterocycles. The van der Waals surface area contributed by atoms with Crippen LogP contribution < -0.4 is 5.73 Å². The average Bonchev–Trinajstić information content (AvgIpc) is 2.24. The van der Waals surface area contributed by atoms with Crippen molar-refractivity contribution in [3.05, 3.63) is 34.1 Å². The van der Waals surface area contributed by atoms with Crippen LogP contribution in [-0.2, 0) is 0 Å². The van der Waals surface area contributed by atoms with Crippen molar-refractivity contribution in [2.24, 2.45) is 5.73 Å². The maximum Gasteiger partial charge on any atom is 0.129 e. The Morgan fingerprint density at radius 2 is 2.06 bits per heavy atom. The first-order chi connectivity index (χ1) is 7.57. The van der Waals surface area contributed by atoms with Gasteiger partial charge >= 0.3 is 0 Å². The number of hydrogen-bond donors (Lipinski definition) is 1. The van der Waals surface area contributed by atoms with Crippen molar-refractivity contribution in [3.63, 3.8) is 0 Å². The van der Waals surface area contributed by atoms with Crippen LogP contribution in [0.15, 0.2) is 12.1 Å². The summed E-state index contributed by atoms with van der Waals surface area (Å²) in [6.45, 7) is 4.00. The van der Waals surface area contributed by atoms with E-state index in [1.165, 1.54) is 6.07 Å². The van der Waals surface area contributed by atoms with Gasteiger partial charge in [0.05, 0.1) is 5.02 Å². The van der Waals surface area contributed by atoms with Crippen molar-refractivity contribution in [1.82, 2.24) is 0 Å². The Kier molecular flexibility index (Phi) is 5.23. The second kappa shape index (κ2) is 6.21. The van der Waals surface area contributed by atoms with Gasteiger partial charge in [0.1, 0.15) is 5.82 Å². The summed E-state index contributed by atoms with van der Waals surface area (Å²) in [5, 5.41) is 0.476. The summed E-state index contributed by atoms with van der Waals surface area (Å²) in [6, 6.07) is 2.83. The molecule has 2 N–H and O–H groups in total. The molecule has 1 aromatic carbocycles. The lowest BCUT2D eigenvalue weighted by atomic mass is 9.99. The van der Waals surface area contributed by atoms with Gasteiger partial charge in [-0.3, -0.25) is 0 Å². The Morgan fingerprint density at radius 3 is 2.69 bits per heavy atom. The van der Waals surface area contributed by atoms with Gasteiger partial charge in [-0.2, -0.15) is 0 Å². The third kappa shape index (κ3) is 3.19. The summed E-state index contributed by atoms with van der Waals surface area (Å²) in [5.41, 5.74) is 7.33. The highest BCUT2D eigenvalue weighted by Crippen LogP contribution is 2.30. The molecule has 0 bridgehead atoms. The predicted molar refractivity (Wildman–Crippen MR) is 67.2 cm³/mol. The van der Waals surface area contributed by atoms with E-state index in [2.05, 4.69) is 6.92 Å². The van der Waals surface area contributed by atoms with Crippen LogP contribution in [0.2, 0.25) is 5.02 Å². The smallest absolute Gasteiger partial charge is 0.129 e. The number of nitrogens with two attached hydrogens (primary N) is 1. The SMILES string of the molecule is CCCCC[C@H](N)c1c(F)ccc(C)c1Cl. The van der Waals surface area contributed by atoms with Crippen LogP contribution in [0.3, 0.4) is 0 Å². The molecular weight excluding hydrogens is 225 g/mol. The average molecular weight is 244 g/mol. The first kappa shape index (κ1) is 13.5. The summed E-state index contributed by atoms with van der Waals surface area (Å²) in [7, 11) is 0. The fourth-order valence-electron chi connectivity index (χ4n) is 1.78. The zero-order valence-electron chi connectivity index (χ0n) is 9.89. The molecule has 0 saturated heterocycles. The second-order valence-electron chi connectivity index (χ2n) is 4.19. The van der Waals surface area contributed by atoms with E-state index in [4.69, 9.17) is 17.3 Å². The number of hydrogen-bond acceptors (Lipinski definition) is 1. The summed E-state index contributed by atoms with van der Waals surface area (Å²) >= 11 is 6.09. The van der Waals surface area contributed by atoms with Crippen molar-refractivity contribution >= 4 is 11.6 Å². The highest BCUT2D eigenvalue weighted by molar-refractivity contribution is 6.32. The van der Waals surface area contributed by atoms with Gasteiger partial charge in [0, 0.05) is 11.6 Å². The summed E-state index contributed by atoms with van der Waals surface area (Å²) < 4.78 is 13.6. The summed E-state index contributed by atoms with van der Waals surface area (Å²) in [5.74, 6) is -0.292. The molecule has 0 aromatic heterocycles. The standard InChI is InChI=1S/C13H19ClFN/c1-3-4-5-6-11(16)12-10(15)8-7-9(2)13(12)14/h7-8,11H,3-6,16H2,1-2H3/t11-/m0/s1. The zero-order chi connectivity index (χ0) is 12.1. The highest BCUT2D eigenvalue weighted by Gasteiger charge is 2.16. The zero-order valence-corrected chi connectivity index (χ0v) is 10.6. The van der Waals surface area contributed by atoms with Crippen molar-refractivity contribution in [1.29, 1.82) is 0 Å². The third-order valence-corrected chi connectivity index (χ3v) is 3.31. The predicted octanol–water partition coefficient (Wildman–Crippen LogP) is 4.37. The molecule has 0 spiro atoms. The minimum atomic E-state index is -0.293. The van der Waals surface area contributed by atoms with Gasteiger partial charge < -0.3 is 5.73 Å². The largest absolute Gasteiger partial charge is 0.324 e. The molecule has 0 aliphatic carbocycles. The van der Waals surface area contributed by atoms with Crippen molar-refractivity contribution < 1.29 is 4.39 Å². The Bertz CT molecular complexity index is 352. The van der Waals surface area contributed by atoms with Crippen LogP contribution in [0.25, 0.3) is 0 Å². The number of unbranched alkanes of at least 4 members (excludes halogenated alkanes) is 2. The number of rotatable bonds is 5. The first-order valence-electron chi connectivity index (χ1n) is 5.78. The molecule has 1 atom stereocenters. The molecule has 0 amide bonds. The van der Waals surface area contributed by atoms with Gasteiger partial charge in [-0.05, 0) is 25.0 Å². The highest BCUT2D eigenvalue weighted by atomic mass is 35.5. The topological polar surface area (TPSA) is 26.0 Å². The molecule has 1 rings (SSSR count). The molecule has 90 valence electrons. The molecule has 1 nitrogen and oxygen atoms in total. The molecule has 0 fully saturated rings. The van der Waals surface area contributed by atoms with E-state index in [1.807, 2.05) is 6.92 Å². The van der Waals surface area contributed by atoms with E-state index in [-0.39, 0.29) is 11.9 Å². The lowest BCUT2D eigenvalue weighted by molar-refractivity contribution is 0.538. The number of aryl methyl sites for hydroxylation is 1. The quantitative estimate of drug-likeness (QED) is 0.764. The summed E-state index contributed by atoms with van der Waals surface area (Å²) in [4.78, 5) is 0. The number of halogens is 2. The van der Waals surface area contributed by atoms with Gasteiger partial charge in [0.2, 0.25) is 0 Å². The molecule has 0 aliphatic heterocycles. The second-order valence-corrected chi connectivity index (χ2v) is 4.57. The third-order valence-electron chi connectivity index (χ3n) is 2.81. The van der Waals surface area contributed by atoms with E-state index in [1.54, 1.807) is 6.07 Å². The van der Waals surface area contributed by atoms with Gasteiger partial charge in [0.15, 0.2) is 0 Å². The van der Waals surface area contributed by atoms with E-state index in [9.17, 15) is 4.39 Å². The fraction of sp³-hybridized carbons (Fsp3) is 0.538. The fourth-order valence-corrected chi connectivity index (χ4v) is 2.07. The summed E-state index contributed by atoms with van der Waals surface area (Å²) in [6.07, 6.45) is 4.06. The molecule has 0 saturated carbocycles. The normalized spacial score (nSPS) is 12.8. The molecule has 3 heteroatoms. The van der Waals surface area contributed by atoms with Gasteiger partial charge in [-0.15, -0.1) is 0 Å². The van der Waals surface area contributed by atoms with E-state index < -0.39 is 0 Å².